The van der Waals surface area contributed by atoms with E-state index in [9.17, 15) is 19.0 Å². The summed E-state index contributed by atoms with van der Waals surface area (Å²) in [6, 6.07) is -0.801. The fraction of sp³-hybridized carbons (Fsp3) is 0.600. The second kappa shape index (κ2) is 14.5. The molecule has 0 aromatic heterocycles. The van der Waals surface area contributed by atoms with Crippen molar-refractivity contribution in [1.29, 1.82) is 0 Å². The van der Waals surface area contributed by atoms with Crippen molar-refractivity contribution in [1.82, 2.24) is 10.6 Å². The molecule has 0 aliphatic carbocycles. The molecule has 11 heteroatoms. The summed E-state index contributed by atoms with van der Waals surface area (Å²) in [5.74, 6) is -1.13. The van der Waals surface area contributed by atoms with Gasteiger partial charge in [0.2, 0.25) is 0 Å². The average molecular weight is 300 g/mol. The molecule has 0 amide bonds. The standard InChI is InChI=1S/C5H10BNO4.C5H8BNO3/c1-11-5(9)4(2-8)7-3-6-10;1-4(5(8)10-2)7-3-6-9/h4,7-8H,2-3H2,1H3;7H,1,3H2,2H3. The minimum atomic E-state index is -0.801. The number of carbonyl (C=O) groups excluding carboxylic acids is 2. The maximum atomic E-state index is 10.7. The molecule has 0 aromatic rings. The van der Waals surface area contributed by atoms with Gasteiger partial charge in [0, 0.05) is 0 Å². The van der Waals surface area contributed by atoms with Crippen LogP contribution >= 0.6 is 0 Å². The van der Waals surface area contributed by atoms with Crippen LogP contribution in [0.25, 0.3) is 0 Å². The Kier molecular flexibility index (Phi) is 14.8. The van der Waals surface area contributed by atoms with E-state index in [4.69, 9.17) is 5.11 Å². The average Bonchev–Trinajstić information content (AvgIpc) is 2.52. The Morgan fingerprint density at radius 2 is 1.76 bits per heavy atom. The number of nitrogens with one attached hydrogen (secondary N) is 2. The van der Waals surface area contributed by atoms with Crippen molar-refractivity contribution in [3.05, 3.63) is 12.3 Å². The molecule has 0 saturated heterocycles. The minimum absolute atomic E-state index is 0.0281. The van der Waals surface area contributed by atoms with E-state index < -0.39 is 18.0 Å². The van der Waals surface area contributed by atoms with Crippen LogP contribution in [0.3, 0.4) is 0 Å². The molecule has 0 aromatic carbocycles. The van der Waals surface area contributed by atoms with Crippen molar-refractivity contribution in [2.24, 2.45) is 0 Å². The summed E-state index contributed by atoms with van der Waals surface area (Å²) < 4.78 is 28.2. The van der Waals surface area contributed by atoms with Crippen LogP contribution in [-0.2, 0) is 28.5 Å². The van der Waals surface area contributed by atoms with Gasteiger partial charge in [0.1, 0.15) is 0 Å². The van der Waals surface area contributed by atoms with E-state index in [2.05, 4.69) is 26.7 Å². The van der Waals surface area contributed by atoms with Crippen molar-refractivity contribution in [3.63, 3.8) is 0 Å². The van der Waals surface area contributed by atoms with Gasteiger partial charge >= 0.3 is 122 Å². The Hall–Kier alpha value is -1.87. The predicted octanol–water partition coefficient (Wildman–Crippen LogP) is -2.61. The van der Waals surface area contributed by atoms with Gasteiger partial charge in [0.25, 0.3) is 0 Å². The van der Waals surface area contributed by atoms with Crippen LogP contribution in [0.4, 0.5) is 0 Å². The van der Waals surface area contributed by atoms with Crippen LogP contribution in [0.2, 0.25) is 0 Å². The third-order valence-corrected chi connectivity index (χ3v) is 1.95. The first kappa shape index (κ1) is 21.4. The van der Waals surface area contributed by atoms with Gasteiger partial charge < -0.3 is 0 Å². The van der Waals surface area contributed by atoms with E-state index >= 15 is 0 Å². The molecule has 1 unspecified atom stereocenters. The predicted molar refractivity (Wildman–Crippen MR) is 72.9 cm³/mol. The molecule has 0 rings (SSSR count). The fourth-order valence-electron chi connectivity index (χ4n) is 0.915. The first-order valence-corrected chi connectivity index (χ1v) is 5.78. The zero-order valence-corrected chi connectivity index (χ0v) is 12.0. The molecular weight excluding hydrogens is 282 g/mol. The molecular formula is C10H18B2N2O7. The second-order valence-electron chi connectivity index (χ2n) is 3.35. The van der Waals surface area contributed by atoms with Crippen LogP contribution in [0, 0.1) is 0 Å². The summed E-state index contributed by atoms with van der Waals surface area (Å²) in [5.41, 5.74) is 0.0922. The van der Waals surface area contributed by atoms with Crippen molar-refractivity contribution in [2.45, 2.75) is 6.04 Å². The van der Waals surface area contributed by atoms with Crippen LogP contribution in [0.1, 0.15) is 0 Å². The first-order chi connectivity index (χ1) is 9.98. The zero-order chi connectivity index (χ0) is 16.7. The van der Waals surface area contributed by atoms with Gasteiger partial charge in [-0.2, -0.15) is 0 Å². The second-order valence-corrected chi connectivity index (χ2v) is 3.35. The molecule has 0 aliphatic heterocycles. The Morgan fingerprint density at radius 1 is 1.19 bits per heavy atom. The van der Waals surface area contributed by atoms with E-state index in [0.29, 0.717) is 14.3 Å². The van der Waals surface area contributed by atoms with Gasteiger partial charge in [-0.05, 0) is 0 Å². The maximum absolute atomic E-state index is 10.7. The molecule has 0 bridgehead atoms. The SMILES string of the molecule is C=C(NCB=O)C(=O)OC.COC(=O)C(CO)NCB=O. The quantitative estimate of drug-likeness (QED) is 0.238. The summed E-state index contributed by atoms with van der Waals surface area (Å²) >= 11 is 0. The molecule has 0 aliphatic rings. The normalized spacial score (nSPS) is 9.86. The Labute approximate surface area is 123 Å². The van der Waals surface area contributed by atoms with Gasteiger partial charge in [-0.3, -0.25) is 0 Å². The van der Waals surface area contributed by atoms with Gasteiger partial charge in [-0.15, -0.1) is 0 Å². The van der Waals surface area contributed by atoms with Crippen molar-refractivity contribution in [3.8, 4) is 0 Å². The summed E-state index contributed by atoms with van der Waals surface area (Å²) in [7, 11) is 3.70. The number of carbonyl (C=O) groups is 2. The first-order valence-electron chi connectivity index (χ1n) is 5.78. The molecule has 0 spiro atoms. The Bertz CT molecular complexity index is 365. The molecule has 9 nitrogen and oxygen atoms in total. The molecule has 0 heterocycles. The van der Waals surface area contributed by atoms with Gasteiger partial charge in [0.15, 0.2) is 0 Å². The molecule has 1 atom stereocenters. The molecule has 21 heavy (non-hydrogen) atoms. The van der Waals surface area contributed by atoms with E-state index in [1.807, 2.05) is 0 Å². The number of ether oxygens (including phenoxy) is 2. The van der Waals surface area contributed by atoms with E-state index in [1.165, 1.54) is 14.2 Å². The third-order valence-electron chi connectivity index (χ3n) is 1.95. The number of hydrogen-bond donors (Lipinski definition) is 3. The van der Waals surface area contributed by atoms with E-state index in [1.54, 1.807) is 0 Å². The van der Waals surface area contributed by atoms with Gasteiger partial charge in [-0.25, -0.2) is 0 Å². The summed E-state index contributed by atoms with van der Waals surface area (Å²) in [4.78, 5) is 21.2. The van der Waals surface area contributed by atoms with Crippen molar-refractivity contribution in [2.75, 3.05) is 33.7 Å². The molecule has 0 radical (unpaired) electrons. The summed E-state index contributed by atoms with van der Waals surface area (Å²) in [5, 5.41) is 13.5. The Balaban J connectivity index is 0. The van der Waals surface area contributed by atoms with Crippen molar-refractivity contribution >= 4 is 26.2 Å². The monoisotopic (exact) mass is 300 g/mol. The molecule has 3 N–H and O–H groups in total. The fourth-order valence-corrected chi connectivity index (χ4v) is 0.915. The summed E-state index contributed by atoms with van der Waals surface area (Å²) in [6.07, 6.45) is 0.105. The van der Waals surface area contributed by atoms with E-state index in [-0.39, 0.29) is 25.2 Å². The van der Waals surface area contributed by atoms with Crippen LogP contribution in [-0.4, -0.2) is 71.1 Å². The Morgan fingerprint density at radius 3 is 2.14 bits per heavy atom. The van der Waals surface area contributed by atoms with Gasteiger partial charge in [-0.1, -0.05) is 0 Å². The summed E-state index contributed by atoms with van der Waals surface area (Å²) in [6.45, 7) is 2.94. The van der Waals surface area contributed by atoms with Crippen LogP contribution in [0.5, 0.6) is 0 Å². The number of methoxy groups -OCH3 is 2. The number of aliphatic hydroxyl groups is 1. The third kappa shape index (κ3) is 11.6. The molecule has 0 saturated carbocycles. The van der Waals surface area contributed by atoms with Crippen LogP contribution < -0.4 is 10.6 Å². The molecule has 0 fully saturated rings. The van der Waals surface area contributed by atoms with Crippen molar-refractivity contribution < 1.29 is 33.6 Å². The number of esters is 2. The topological polar surface area (TPSA) is 131 Å². The zero-order valence-electron chi connectivity index (χ0n) is 12.0. The number of aliphatic hydroxyl groups excluding tert-OH is 1. The van der Waals surface area contributed by atoms with E-state index in [0.717, 1.165) is 0 Å². The number of hydrogen-bond acceptors (Lipinski definition) is 9. The van der Waals surface area contributed by atoms with Gasteiger partial charge in [0.05, 0.1) is 0 Å². The number of rotatable bonds is 9. The van der Waals surface area contributed by atoms with Crippen LogP contribution in [0.15, 0.2) is 12.3 Å². The molecule has 116 valence electrons.